The third kappa shape index (κ3) is 5.24. The number of furan rings is 1. The molecule has 0 aliphatic rings. The van der Waals surface area contributed by atoms with Crippen molar-refractivity contribution < 1.29 is 19.1 Å². The van der Waals surface area contributed by atoms with Gasteiger partial charge in [-0.05, 0) is 31.5 Å². The van der Waals surface area contributed by atoms with E-state index in [1.807, 2.05) is 30.3 Å². The van der Waals surface area contributed by atoms with Crippen LogP contribution in [-0.4, -0.2) is 29.1 Å². The molecule has 1 aromatic carbocycles. The second kappa shape index (κ2) is 7.79. The van der Waals surface area contributed by atoms with Crippen LogP contribution >= 0.6 is 0 Å². The van der Waals surface area contributed by atoms with E-state index in [4.69, 9.17) is 4.42 Å². The van der Waals surface area contributed by atoms with Crippen LogP contribution in [0.4, 0.5) is 0 Å². The van der Waals surface area contributed by atoms with Gasteiger partial charge in [-0.2, -0.15) is 0 Å². The fourth-order valence-electron chi connectivity index (χ4n) is 2.29. The first-order valence-electron chi connectivity index (χ1n) is 7.76. The van der Waals surface area contributed by atoms with Crippen LogP contribution in [-0.2, 0) is 16.0 Å². The topological polar surface area (TPSA) is 91.6 Å². The Kier molecular flexibility index (Phi) is 5.76. The van der Waals surface area contributed by atoms with Crippen molar-refractivity contribution in [2.24, 2.45) is 0 Å². The van der Waals surface area contributed by atoms with Crippen LogP contribution in [0.15, 0.2) is 53.1 Å². The standard InChI is InChI=1S/C18H22N2O4/c1-13(14-7-4-3-5-8-14)20-17(22)16(21)19-12-18(2,23)11-15-9-6-10-24-15/h3-10,13,23H,11-12H2,1-2H3,(H,19,21)(H,20,22). The van der Waals surface area contributed by atoms with Gasteiger partial charge in [0.05, 0.1) is 17.9 Å². The summed E-state index contributed by atoms with van der Waals surface area (Å²) in [6.45, 7) is 3.31. The van der Waals surface area contributed by atoms with Gasteiger partial charge in [-0.3, -0.25) is 9.59 Å². The molecule has 0 radical (unpaired) electrons. The lowest BCUT2D eigenvalue weighted by Crippen LogP contribution is -2.47. The van der Waals surface area contributed by atoms with Crippen molar-refractivity contribution in [1.82, 2.24) is 10.6 Å². The molecule has 6 nitrogen and oxygen atoms in total. The first kappa shape index (κ1) is 17.7. The van der Waals surface area contributed by atoms with E-state index in [1.54, 1.807) is 26.0 Å². The quantitative estimate of drug-likeness (QED) is 0.701. The van der Waals surface area contributed by atoms with Gasteiger partial charge in [0.25, 0.3) is 0 Å². The van der Waals surface area contributed by atoms with E-state index in [9.17, 15) is 14.7 Å². The van der Waals surface area contributed by atoms with E-state index in [0.29, 0.717) is 5.76 Å². The van der Waals surface area contributed by atoms with Gasteiger partial charge in [0.2, 0.25) is 0 Å². The van der Waals surface area contributed by atoms with Crippen molar-refractivity contribution in [3.05, 3.63) is 60.1 Å². The Bertz CT molecular complexity index is 666. The van der Waals surface area contributed by atoms with Gasteiger partial charge in [0, 0.05) is 13.0 Å². The molecule has 0 bridgehead atoms. The third-order valence-electron chi connectivity index (χ3n) is 3.62. The molecule has 128 valence electrons. The molecule has 0 spiro atoms. The molecule has 2 amide bonds. The molecule has 6 heteroatoms. The van der Waals surface area contributed by atoms with E-state index in [2.05, 4.69) is 10.6 Å². The van der Waals surface area contributed by atoms with Crippen molar-refractivity contribution >= 4 is 11.8 Å². The average Bonchev–Trinajstić information content (AvgIpc) is 3.05. The predicted molar refractivity (Wildman–Crippen MR) is 89.0 cm³/mol. The van der Waals surface area contributed by atoms with Crippen molar-refractivity contribution in [3.8, 4) is 0 Å². The molecule has 2 unspecified atom stereocenters. The molecular formula is C18H22N2O4. The van der Waals surface area contributed by atoms with Crippen LogP contribution in [0, 0.1) is 0 Å². The molecule has 2 rings (SSSR count). The van der Waals surface area contributed by atoms with E-state index in [-0.39, 0.29) is 19.0 Å². The number of hydrogen-bond acceptors (Lipinski definition) is 4. The van der Waals surface area contributed by atoms with Crippen LogP contribution in [0.5, 0.6) is 0 Å². The summed E-state index contributed by atoms with van der Waals surface area (Å²) >= 11 is 0. The van der Waals surface area contributed by atoms with Gasteiger partial charge in [-0.25, -0.2) is 0 Å². The van der Waals surface area contributed by atoms with E-state index in [0.717, 1.165) is 5.56 Å². The van der Waals surface area contributed by atoms with Gasteiger partial charge in [-0.1, -0.05) is 30.3 Å². The zero-order chi connectivity index (χ0) is 17.6. The Hall–Kier alpha value is -2.60. The minimum absolute atomic E-state index is 0.0559. The number of amides is 2. The molecule has 2 aromatic rings. The lowest BCUT2D eigenvalue weighted by Gasteiger charge is -2.22. The Morgan fingerprint density at radius 1 is 1.17 bits per heavy atom. The summed E-state index contributed by atoms with van der Waals surface area (Å²) < 4.78 is 5.17. The molecule has 0 fully saturated rings. The number of hydrogen-bond donors (Lipinski definition) is 3. The Labute approximate surface area is 140 Å². The number of nitrogens with one attached hydrogen (secondary N) is 2. The van der Waals surface area contributed by atoms with Gasteiger partial charge < -0.3 is 20.2 Å². The molecule has 1 heterocycles. The van der Waals surface area contributed by atoms with Crippen LogP contribution in [0.3, 0.4) is 0 Å². The summed E-state index contributed by atoms with van der Waals surface area (Å²) in [4.78, 5) is 23.8. The Balaban J connectivity index is 1.82. The molecule has 1 aromatic heterocycles. The van der Waals surface area contributed by atoms with Gasteiger partial charge >= 0.3 is 11.8 Å². The third-order valence-corrected chi connectivity index (χ3v) is 3.62. The number of benzene rings is 1. The Morgan fingerprint density at radius 2 is 1.88 bits per heavy atom. The lowest BCUT2D eigenvalue weighted by atomic mass is 10.0. The molecular weight excluding hydrogens is 308 g/mol. The first-order chi connectivity index (χ1) is 11.4. The molecule has 0 saturated carbocycles. The summed E-state index contributed by atoms with van der Waals surface area (Å²) in [5, 5.41) is 15.3. The van der Waals surface area contributed by atoms with E-state index in [1.165, 1.54) is 6.26 Å². The van der Waals surface area contributed by atoms with E-state index >= 15 is 0 Å². The highest BCUT2D eigenvalue weighted by Gasteiger charge is 2.25. The van der Waals surface area contributed by atoms with Crippen molar-refractivity contribution in [3.63, 3.8) is 0 Å². The van der Waals surface area contributed by atoms with Crippen LogP contribution in [0.2, 0.25) is 0 Å². The Morgan fingerprint density at radius 3 is 2.50 bits per heavy atom. The van der Waals surface area contributed by atoms with Crippen LogP contribution in [0.25, 0.3) is 0 Å². The summed E-state index contributed by atoms with van der Waals surface area (Å²) in [7, 11) is 0. The molecule has 3 N–H and O–H groups in total. The number of rotatable bonds is 6. The summed E-state index contributed by atoms with van der Waals surface area (Å²) in [5.74, 6) is -0.908. The zero-order valence-corrected chi connectivity index (χ0v) is 13.8. The molecule has 0 saturated heterocycles. The van der Waals surface area contributed by atoms with Crippen LogP contribution < -0.4 is 10.6 Å². The normalized spacial score (nSPS) is 14.5. The highest BCUT2D eigenvalue weighted by atomic mass is 16.3. The average molecular weight is 330 g/mol. The number of aliphatic hydroxyl groups is 1. The maximum absolute atomic E-state index is 11.9. The largest absolute Gasteiger partial charge is 0.469 e. The van der Waals surface area contributed by atoms with Gasteiger partial charge in [0.1, 0.15) is 5.76 Å². The van der Waals surface area contributed by atoms with Gasteiger partial charge in [0.15, 0.2) is 0 Å². The maximum atomic E-state index is 11.9. The van der Waals surface area contributed by atoms with Gasteiger partial charge in [-0.15, -0.1) is 0 Å². The molecule has 2 atom stereocenters. The summed E-state index contributed by atoms with van der Waals surface area (Å²) in [6, 6.07) is 12.5. The minimum atomic E-state index is -1.21. The highest BCUT2D eigenvalue weighted by molar-refractivity contribution is 6.35. The second-order valence-electron chi connectivity index (χ2n) is 6.04. The molecule has 0 aliphatic carbocycles. The molecule has 24 heavy (non-hydrogen) atoms. The summed E-state index contributed by atoms with van der Waals surface area (Å²) in [5.41, 5.74) is -0.303. The zero-order valence-electron chi connectivity index (χ0n) is 13.8. The maximum Gasteiger partial charge on any atom is 0.309 e. The predicted octanol–water partition coefficient (Wildman–Crippen LogP) is 1.57. The second-order valence-corrected chi connectivity index (χ2v) is 6.04. The smallest absolute Gasteiger partial charge is 0.309 e. The van der Waals surface area contributed by atoms with Crippen LogP contribution in [0.1, 0.15) is 31.2 Å². The fraction of sp³-hybridized carbons (Fsp3) is 0.333. The monoisotopic (exact) mass is 330 g/mol. The number of carbonyl (C=O) groups is 2. The minimum Gasteiger partial charge on any atom is -0.469 e. The van der Waals surface area contributed by atoms with Crippen molar-refractivity contribution in [2.45, 2.75) is 31.9 Å². The first-order valence-corrected chi connectivity index (χ1v) is 7.76. The highest BCUT2D eigenvalue weighted by Crippen LogP contribution is 2.13. The van der Waals surface area contributed by atoms with Crippen molar-refractivity contribution in [1.29, 1.82) is 0 Å². The van der Waals surface area contributed by atoms with Crippen molar-refractivity contribution in [2.75, 3.05) is 6.54 Å². The molecule has 0 aliphatic heterocycles. The fourth-order valence-corrected chi connectivity index (χ4v) is 2.29. The summed E-state index contributed by atoms with van der Waals surface area (Å²) in [6.07, 6.45) is 1.75. The number of carbonyl (C=O) groups excluding carboxylic acids is 2. The van der Waals surface area contributed by atoms with E-state index < -0.39 is 17.4 Å². The SMILES string of the molecule is CC(NC(=O)C(=O)NCC(C)(O)Cc1ccco1)c1ccccc1. The lowest BCUT2D eigenvalue weighted by molar-refractivity contribution is -0.140.